The average molecular weight is 271 g/mol. The molecular weight excluding hydrogens is 254 g/mol. The number of oxime groups is 1. The fourth-order valence-corrected chi connectivity index (χ4v) is 1.76. The van der Waals surface area contributed by atoms with Crippen molar-refractivity contribution in [3.63, 3.8) is 0 Å². The van der Waals surface area contributed by atoms with Gasteiger partial charge in [-0.05, 0) is 30.7 Å². The summed E-state index contributed by atoms with van der Waals surface area (Å²) in [5.74, 6) is 0.811. The van der Waals surface area contributed by atoms with Gasteiger partial charge in [-0.15, -0.1) is 0 Å². The molecule has 2 aromatic rings. The van der Waals surface area contributed by atoms with E-state index in [2.05, 4.69) is 5.16 Å². The second-order valence-corrected chi connectivity index (χ2v) is 4.32. The number of hydrogen-bond donors (Lipinski definition) is 1. The summed E-state index contributed by atoms with van der Waals surface area (Å²) in [6.07, 6.45) is 0. The molecule has 0 aromatic heterocycles. The molecule has 0 fully saturated rings. The number of ether oxygens (including phenoxy) is 1. The van der Waals surface area contributed by atoms with Gasteiger partial charge in [-0.2, -0.15) is 0 Å². The molecule has 104 valence electrons. The van der Waals surface area contributed by atoms with Crippen LogP contribution in [0.4, 0.5) is 0 Å². The van der Waals surface area contributed by atoms with Gasteiger partial charge < -0.3 is 14.7 Å². The number of rotatable bonds is 5. The molecule has 20 heavy (non-hydrogen) atoms. The Bertz CT molecular complexity index is 594. The molecule has 0 amide bonds. The Morgan fingerprint density at radius 2 is 1.90 bits per heavy atom. The molecule has 0 heterocycles. The Morgan fingerprint density at radius 1 is 1.15 bits per heavy atom. The zero-order valence-corrected chi connectivity index (χ0v) is 11.5. The Labute approximate surface area is 118 Å². The quantitative estimate of drug-likeness (QED) is 0.670. The van der Waals surface area contributed by atoms with Crippen LogP contribution in [0, 0.1) is 0 Å². The van der Waals surface area contributed by atoms with Crippen LogP contribution in [0.25, 0.3) is 0 Å². The first-order chi connectivity index (χ1) is 9.70. The van der Waals surface area contributed by atoms with E-state index in [4.69, 9.17) is 9.57 Å². The van der Waals surface area contributed by atoms with Crippen LogP contribution < -0.4 is 4.74 Å². The largest absolute Gasteiger partial charge is 0.507 e. The molecule has 4 heteroatoms. The van der Waals surface area contributed by atoms with E-state index in [-0.39, 0.29) is 5.75 Å². The van der Waals surface area contributed by atoms with Crippen molar-refractivity contribution in [3.05, 3.63) is 59.7 Å². The highest BCUT2D eigenvalue weighted by atomic mass is 16.6. The predicted molar refractivity (Wildman–Crippen MR) is 78.1 cm³/mol. The maximum atomic E-state index is 9.83. The lowest BCUT2D eigenvalue weighted by Crippen LogP contribution is -1.98. The molecule has 0 unspecified atom stereocenters. The normalized spacial score (nSPS) is 11.2. The van der Waals surface area contributed by atoms with E-state index < -0.39 is 0 Å². The van der Waals surface area contributed by atoms with E-state index in [0.717, 1.165) is 5.56 Å². The Kier molecular flexibility index (Phi) is 4.60. The van der Waals surface area contributed by atoms with Crippen LogP contribution in [0.1, 0.15) is 18.1 Å². The summed E-state index contributed by atoms with van der Waals surface area (Å²) in [5.41, 5.74) is 2.23. The first kappa shape index (κ1) is 13.9. The highest BCUT2D eigenvalue weighted by Crippen LogP contribution is 2.23. The van der Waals surface area contributed by atoms with Gasteiger partial charge in [0.05, 0.1) is 12.8 Å². The van der Waals surface area contributed by atoms with Crippen molar-refractivity contribution in [2.24, 2.45) is 5.16 Å². The van der Waals surface area contributed by atoms with Crippen LogP contribution >= 0.6 is 0 Å². The summed E-state index contributed by atoms with van der Waals surface area (Å²) >= 11 is 0. The Hall–Kier alpha value is -2.49. The highest BCUT2D eigenvalue weighted by molar-refractivity contribution is 6.01. The topological polar surface area (TPSA) is 51.0 Å². The van der Waals surface area contributed by atoms with E-state index >= 15 is 0 Å². The average Bonchev–Trinajstić information content (AvgIpc) is 2.48. The number of methoxy groups -OCH3 is 1. The fourth-order valence-electron chi connectivity index (χ4n) is 1.76. The van der Waals surface area contributed by atoms with Crippen molar-refractivity contribution in [2.45, 2.75) is 13.5 Å². The van der Waals surface area contributed by atoms with Crippen molar-refractivity contribution >= 4 is 5.71 Å². The number of aromatic hydroxyl groups is 1. The van der Waals surface area contributed by atoms with Gasteiger partial charge in [0, 0.05) is 5.56 Å². The van der Waals surface area contributed by atoms with E-state index in [1.54, 1.807) is 32.2 Å². The number of hydrogen-bond acceptors (Lipinski definition) is 4. The minimum atomic E-state index is 0.148. The van der Waals surface area contributed by atoms with Crippen molar-refractivity contribution in [1.82, 2.24) is 0 Å². The zero-order valence-electron chi connectivity index (χ0n) is 11.5. The lowest BCUT2D eigenvalue weighted by atomic mass is 10.1. The first-order valence-corrected chi connectivity index (χ1v) is 6.28. The lowest BCUT2D eigenvalue weighted by Gasteiger charge is -2.07. The molecule has 0 saturated carbocycles. The summed E-state index contributed by atoms with van der Waals surface area (Å²) in [7, 11) is 1.58. The van der Waals surface area contributed by atoms with Gasteiger partial charge in [0.25, 0.3) is 0 Å². The van der Waals surface area contributed by atoms with E-state index in [9.17, 15) is 5.11 Å². The van der Waals surface area contributed by atoms with Crippen molar-refractivity contribution in [1.29, 1.82) is 0 Å². The molecule has 0 aliphatic heterocycles. The van der Waals surface area contributed by atoms with Crippen LogP contribution in [-0.4, -0.2) is 17.9 Å². The summed E-state index contributed by atoms with van der Waals surface area (Å²) in [6.45, 7) is 2.17. The smallest absolute Gasteiger partial charge is 0.142 e. The number of benzene rings is 2. The van der Waals surface area contributed by atoms with Crippen LogP contribution in [0.2, 0.25) is 0 Å². The lowest BCUT2D eigenvalue weighted by molar-refractivity contribution is 0.130. The van der Waals surface area contributed by atoms with Crippen LogP contribution in [0.5, 0.6) is 11.5 Å². The molecule has 0 aliphatic carbocycles. The molecule has 0 spiro atoms. The van der Waals surface area contributed by atoms with Crippen molar-refractivity contribution in [2.75, 3.05) is 7.11 Å². The maximum absolute atomic E-state index is 9.83. The summed E-state index contributed by atoms with van der Waals surface area (Å²) in [5, 5.41) is 13.9. The minimum Gasteiger partial charge on any atom is -0.507 e. The second-order valence-electron chi connectivity index (χ2n) is 4.32. The Balaban J connectivity index is 2.07. The third-order valence-electron chi connectivity index (χ3n) is 2.87. The fraction of sp³-hybridized carbons (Fsp3) is 0.188. The first-order valence-electron chi connectivity index (χ1n) is 6.28. The number of nitrogens with zero attached hydrogens (tertiary/aromatic N) is 1. The number of phenols is 1. The molecule has 0 bridgehead atoms. The summed E-state index contributed by atoms with van der Waals surface area (Å²) < 4.78 is 5.13. The van der Waals surface area contributed by atoms with Gasteiger partial charge in [-0.3, -0.25) is 0 Å². The SMILES string of the molecule is COc1ccc(O)c(C(C)=NOCc2ccccc2)c1. The summed E-state index contributed by atoms with van der Waals surface area (Å²) in [4.78, 5) is 5.30. The van der Waals surface area contributed by atoms with Gasteiger partial charge in [-0.1, -0.05) is 35.5 Å². The third-order valence-corrected chi connectivity index (χ3v) is 2.87. The molecule has 0 atom stereocenters. The zero-order chi connectivity index (χ0) is 14.4. The van der Waals surface area contributed by atoms with Crippen LogP contribution in [0.15, 0.2) is 53.7 Å². The van der Waals surface area contributed by atoms with Crippen molar-refractivity contribution < 1.29 is 14.7 Å². The molecule has 2 aromatic carbocycles. The molecule has 0 radical (unpaired) electrons. The highest BCUT2D eigenvalue weighted by Gasteiger charge is 2.07. The molecule has 4 nitrogen and oxygen atoms in total. The van der Waals surface area contributed by atoms with E-state index in [1.807, 2.05) is 30.3 Å². The second kappa shape index (κ2) is 6.61. The van der Waals surface area contributed by atoms with Gasteiger partial charge in [0.15, 0.2) is 0 Å². The summed E-state index contributed by atoms with van der Waals surface area (Å²) in [6, 6.07) is 14.8. The van der Waals surface area contributed by atoms with Crippen LogP contribution in [-0.2, 0) is 11.4 Å². The maximum Gasteiger partial charge on any atom is 0.142 e. The van der Waals surface area contributed by atoms with Gasteiger partial charge in [-0.25, -0.2) is 0 Å². The Morgan fingerprint density at radius 3 is 2.60 bits per heavy atom. The number of phenolic OH excluding ortho intramolecular Hbond substituents is 1. The molecule has 0 aliphatic rings. The minimum absolute atomic E-state index is 0.148. The monoisotopic (exact) mass is 271 g/mol. The van der Waals surface area contributed by atoms with Crippen molar-refractivity contribution in [3.8, 4) is 11.5 Å². The van der Waals surface area contributed by atoms with Gasteiger partial charge in [0.1, 0.15) is 18.1 Å². The standard InChI is InChI=1S/C16H17NO3/c1-12(15-10-14(19-2)8-9-16(15)18)17-20-11-13-6-4-3-5-7-13/h3-10,18H,11H2,1-2H3. The third kappa shape index (κ3) is 3.51. The van der Waals surface area contributed by atoms with Gasteiger partial charge >= 0.3 is 0 Å². The molecule has 2 rings (SSSR count). The van der Waals surface area contributed by atoms with E-state index in [1.165, 1.54) is 0 Å². The van der Waals surface area contributed by atoms with E-state index in [0.29, 0.717) is 23.6 Å². The predicted octanol–water partition coefficient (Wildman–Crippen LogP) is 3.34. The van der Waals surface area contributed by atoms with Gasteiger partial charge in [0.2, 0.25) is 0 Å². The molecule has 1 N–H and O–H groups in total. The molecule has 0 saturated heterocycles. The van der Waals surface area contributed by atoms with Crippen LogP contribution in [0.3, 0.4) is 0 Å². The molecular formula is C16H17NO3.